The number of aromatic nitrogens is 1. The minimum absolute atomic E-state index is 0.0407. The van der Waals surface area contributed by atoms with Crippen molar-refractivity contribution in [2.45, 2.75) is 26.0 Å². The SMILES string of the molecule is CC(C)OC(=O)NCC1COC(=O)N1c1cc(F)c(N2CCN(C(=O)CNC(=O)c3cccnc3)CC2)c(F)c1. The molecule has 2 aromatic rings. The van der Waals surface area contributed by atoms with E-state index in [9.17, 15) is 19.2 Å². The fourth-order valence-electron chi connectivity index (χ4n) is 4.42. The van der Waals surface area contributed by atoms with Crippen molar-refractivity contribution in [3.63, 3.8) is 0 Å². The molecule has 2 N–H and O–H groups in total. The van der Waals surface area contributed by atoms with Crippen LogP contribution in [-0.2, 0) is 14.3 Å². The predicted molar refractivity (Wildman–Crippen MR) is 139 cm³/mol. The van der Waals surface area contributed by atoms with Gasteiger partial charge in [0.15, 0.2) is 11.6 Å². The minimum atomic E-state index is -0.885. The quantitative estimate of drug-likeness (QED) is 0.500. The number of carbonyl (C=O) groups excluding carboxylic acids is 4. The van der Waals surface area contributed by atoms with E-state index in [1.165, 1.54) is 22.2 Å². The van der Waals surface area contributed by atoms with Crippen LogP contribution in [0.15, 0.2) is 36.7 Å². The first-order valence-corrected chi connectivity index (χ1v) is 12.7. The van der Waals surface area contributed by atoms with Crippen LogP contribution in [0, 0.1) is 11.6 Å². The number of alkyl carbamates (subject to hydrolysis) is 1. The van der Waals surface area contributed by atoms with Crippen LogP contribution in [0.25, 0.3) is 0 Å². The number of carbonyl (C=O) groups is 4. The maximum Gasteiger partial charge on any atom is 0.414 e. The smallest absolute Gasteiger partial charge is 0.414 e. The Morgan fingerprint density at radius 3 is 2.45 bits per heavy atom. The highest BCUT2D eigenvalue weighted by Gasteiger charge is 2.36. The molecule has 2 aliphatic rings. The second kappa shape index (κ2) is 12.6. The molecule has 0 spiro atoms. The summed E-state index contributed by atoms with van der Waals surface area (Å²) in [5.74, 6) is -2.52. The van der Waals surface area contributed by atoms with E-state index in [1.54, 1.807) is 26.0 Å². The second-order valence-corrected chi connectivity index (χ2v) is 9.49. The highest BCUT2D eigenvalue weighted by Crippen LogP contribution is 2.32. The first kappa shape index (κ1) is 28.5. The van der Waals surface area contributed by atoms with Crippen LogP contribution in [0.3, 0.4) is 0 Å². The number of piperazine rings is 1. The van der Waals surface area contributed by atoms with Gasteiger partial charge in [0.25, 0.3) is 5.91 Å². The standard InChI is InChI=1S/C26H30F2N6O6/c1-16(2)40-25(37)31-13-19-15-39-26(38)34(19)18-10-20(27)23(21(28)11-18)33-8-6-32(7-9-33)22(35)14-30-24(36)17-4-3-5-29-12-17/h3-5,10-12,16,19H,6-9,13-15H2,1-2H3,(H,30,36)(H,31,37). The molecule has 0 bridgehead atoms. The number of nitrogens with one attached hydrogen (secondary N) is 2. The van der Waals surface area contributed by atoms with Crippen LogP contribution in [0.5, 0.6) is 0 Å². The van der Waals surface area contributed by atoms with Crippen molar-refractivity contribution >= 4 is 35.4 Å². The highest BCUT2D eigenvalue weighted by atomic mass is 19.1. The summed E-state index contributed by atoms with van der Waals surface area (Å²) < 4.78 is 40.4. The van der Waals surface area contributed by atoms with Crippen LogP contribution in [0.4, 0.5) is 29.7 Å². The lowest BCUT2D eigenvalue weighted by Gasteiger charge is -2.36. The number of anilines is 2. The van der Waals surface area contributed by atoms with Crippen molar-refractivity contribution < 1.29 is 37.4 Å². The Balaban J connectivity index is 1.35. The molecular formula is C26H30F2N6O6. The van der Waals surface area contributed by atoms with Crippen molar-refractivity contribution in [2.75, 3.05) is 55.7 Å². The number of ether oxygens (including phenoxy) is 2. The fraction of sp³-hybridized carbons (Fsp3) is 0.423. The summed E-state index contributed by atoms with van der Waals surface area (Å²) in [4.78, 5) is 56.8. The Hall–Kier alpha value is -4.49. The second-order valence-electron chi connectivity index (χ2n) is 9.49. The summed E-state index contributed by atoms with van der Waals surface area (Å²) in [5.41, 5.74) is -0.000136. The molecule has 1 unspecified atom stereocenters. The molecule has 1 aromatic heterocycles. The lowest BCUT2D eigenvalue weighted by molar-refractivity contribution is -0.130. The molecule has 0 aliphatic carbocycles. The van der Waals surface area contributed by atoms with Gasteiger partial charge in [-0.15, -0.1) is 0 Å². The third kappa shape index (κ3) is 6.74. The topological polar surface area (TPSA) is 133 Å². The summed E-state index contributed by atoms with van der Waals surface area (Å²) in [5, 5.41) is 5.06. The lowest BCUT2D eigenvalue weighted by atomic mass is 10.1. The van der Waals surface area contributed by atoms with E-state index in [0.717, 1.165) is 17.0 Å². The molecule has 0 saturated carbocycles. The van der Waals surface area contributed by atoms with Crippen LogP contribution in [0.1, 0.15) is 24.2 Å². The van der Waals surface area contributed by atoms with Crippen LogP contribution < -0.4 is 20.4 Å². The Labute approximate surface area is 229 Å². The number of amides is 4. The van der Waals surface area contributed by atoms with Gasteiger partial charge in [0.05, 0.1) is 29.9 Å². The number of pyridine rings is 1. The van der Waals surface area contributed by atoms with E-state index in [0.29, 0.717) is 5.56 Å². The van der Waals surface area contributed by atoms with Gasteiger partial charge in [-0.1, -0.05) is 0 Å². The first-order valence-electron chi connectivity index (χ1n) is 12.7. The molecule has 0 radical (unpaired) electrons. The summed E-state index contributed by atoms with van der Waals surface area (Å²) >= 11 is 0. The summed E-state index contributed by atoms with van der Waals surface area (Å²) in [6.45, 7) is 3.74. The predicted octanol–water partition coefficient (Wildman–Crippen LogP) is 1.90. The van der Waals surface area contributed by atoms with Gasteiger partial charge in [-0.25, -0.2) is 18.4 Å². The number of nitrogens with zero attached hydrogens (tertiary/aromatic N) is 4. The van der Waals surface area contributed by atoms with Crippen LogP contribution >= 0.6 is 0 Å². The lowest BCUT2D eigenvalue weighted by Crippen LogP contribution is -2.51. The Morgan fingerprint density at radius 2 is 1.82 bits per heavy atom. The molecule has 2 aliphatic heterocycles. The molecule has 2 saturated heterocycles. The zero-order valence-electron chi connectivity index (χ0n) is 22.1. The molecule has 214 valence electrons. The van der Waals surface area contributed by atoms with Crippen molar-refractivity contribution in [3.05, 3.63) is 53.9 Å². The van der Waals surface area contributed by atoms with Crippen molar-refractivity contribution in [3.8, 4) is 0 Å². The van der Waals surface area contributed by atoms with E-state index >= 15 is 8.78 Å². The number of rotatable bonds is 8. The molecule has 2 fully saturated rings. The minimum Gasteiger partial charge on any atom is -0.447 e. The number of hydrogen-bond acceptors (Lipinski definition) is 8. The first-order chi connectivity index (χ1) is 19.1. The molecule has 40 heavy (non-hydrogen) atoms. The molecule has 1 atom stereocenters. The maximum atomic E-state index is 15.2. The Bertz CT molecular complexity index is 1230. The summed E-state index contributed by atoms with van der Waals surface area (Å²) in [6, 6.07) is 4.57. The van der Waals surface area contributed by atoms with E-state index in [1.807, 2.05) is 0 Å². The molecule has 3 heterocycles. The van der Waals surface area contributed by atoms with Gasteiger partial charge in [0.1, 0.15) is 12.3 Å². The Morgan fingerprint density at radius 1 is 1.12 bits per heavy atom. The summed E-state index contributed by atoms with van der Waals surface area (Å²) in [7, 11) is 0. The number of benzene rings is 1. The van der Waals surface area contributed by atoms with Gasteiger partial charge < -0.3 is 29.9 Å². The van der Waals surface area contributed by atoms with Crippen LogP contribution in [0.2, 0.25) is 0 Å². The van der Waals surface area contributed by atoms with Crippen molar-refractivity contribution in [1.82, 2.24) is 20.5 Å². The largest absolute Gasteiger partial charge is 0.447 e. The molecule has 12 nitrogen and oxygen atoms in total. The zero-order valence-corrected chi connectivity index (χ0v) is 22.1. The van der Waals surface area contributed by atoms with Gasteiger partial charge in [-0.05, 0) is 26.0 Å². The molecule has 4 rings (SSSR count). The van der Waals surface area contributed by atoms with E-state index < -0.39 is 35.8 Å². The van der Waals surface area contributed by atoms with Gasteiger partial charge in [0, 0.05) is 57.3 Å². The summed E-state index contributed by atoms with van der Waals surface area (Å²) in [6.07, 6.45) is 1.10. The van der Waals surface area contributed by atoms with Gasteiger partial charge in [-0.3, -0.25) is 19.5 Å². The average Bonchev–Trinajstić information content (AvgIpc) is 3.30. The van der Waals surface area contributed by atoms with Crippen molar-refractivity contribution in [1.29, 1.82) is 0 Å². The number of halogens is 2. The van der Waals surface area contributed by atoms with Crippen molar-refractivity contribution in [2.24, 2.45) is 0 Å². The van der Waals surface area contributed by atoms with E-state index in [2.05, 4.69) is 15.6 Å². The van der Waals surface area contributed by atoms with Gasteiger partial charge in [-0.2, -0.15) is 0 Å². The Kier molecular flexibility index (Phi) is 8.97. The zero-order chi connectivity index (χ0) is 28.8. The van der Waals surface area contributed by atoms with Crippen LogP contribution in [-0.4, -0.2) is 91.9 Å². The third-order valence-corrected chi connectivity index (χ3v) is 6.34. The number of cyclic esters (lactones) is 1. The molecule has 14 heteroatoms. The molecular weight excluding hydrogens is 530 g/mol. The molecule has 1 aromatic carbocycles. The monoisotopic (exact) mass is 560 g/mol. The highest BCUT2D eigenvalue weighted by molar-refractivity contribution is 5.96. The molecule has 4 amide bonds. The third-order valence-electron chi connectivity index (χ3n) is 6.34. The normalized spacial score (nSPS) is 17.1. The van der Waals surface area contributed by atoms with Gasteiger partial charge in [0.2, 0.25) is 5.91 Å². The maximum absolute atomic E-state index is 15.2. The average molecular weight is 561 g/mol. The van der Waals surface area contributed by atoms with Gasteiger partial charge >= 0.3 is 12.2 Å². The van der Waals surface area contributed by atoms with E-state index in [4.69, 9.17) is 9.47 Å². The fourth-order valence-corrected chi connectivity index (χ4v) is 4.42. The number of hydrogen-bond donors (Lipinski definition) is 2. The van der Waals surface area contributed by atoms with E-state index in [-0.39, 0.29) is 69.3 Å².